The van der Waals surface area contributed by atoms with Crippen molar-refractivity contribution in [3.05, 3.63) is 29.8 Å². The average Bonchev–Trinajstić information content (AvgIpc) is 3.32. The summed E-state index contributed by atoms with van der Waals surface area (Å²) in [7, 11) is 0. The molecule has 1 unspecified atom stereocenters. The predicted octanol–water partition coefficient (Wildman–Crippen LogP) is 2.11. The average molecular weight is 295 g/mol. The molecular weight excluding hydrogens is 269 g/mol. The Morgan fingerprint density at radius 1 is 1.43 bits per heavy atom. The number of hydrogen-bond donors (Lipinski definition) is 2. The Morgan fingerprint density at radius 2 is 2.24 bits per heavy atom. The molecule has 21 heavy (non-hydrogen) atoms. The van der Waals surface area contributed by atoms with Gasteiger partial charge in [-0.3, -0.25) is 9.88 Å². The number of hydrogen-bond acceptors (Lipinski definition) is 4. The number of nitrogens with zero attached hydrogens (tertiary/aromatic N) is 2. The van der Waals surface area contributed by atoms with Crippen LogP contribution in [0.2, 0.25) is 0 Å². The molecule has 0 aromatic carbocycles. The van der Waals surface area contributed by atoms with Gasteiger partial charge in [-0.05, 0) is 44.4 Å². The summed E-state index contributed by atoms with van der Waals surface area (Å²) in [6.45, 7) is 4.93. The van der Waals surface area contributed by atoms with Gasteiger partial charge in [0, 0.05) is 19.1 Å². The largest absolute Gasteiger partial charge is 0.395 e. The molecule has 2 N–H and O–H groups in total. The summed E-state index contributed by atoms with van der Waals surface area (Å²) in [6.07, 6.45) is 5.74. The summed E-state index contributed by atoms with van der Waals surface area (Å²) in [4.78, 5) is 6.56. The Morgan fingerprint density at radius 3 is 2.81 bits per heavy atom. The zero-order valence-electron chi connectivity index (χ0n) is 12.8. The van der Waals surface area contributed by atoms with Crippen LogP contribution in [0.15, 0.2) is 18.3 Å². The first-order chi connectivity index (χ1) is 10.2. The Labute approximate surface area is 126 Å². The number of pyridine rings is 1. The van der Waals surface area contributed by atoms with Crippen LogP contribution in [0.3, 0.4) is 0 Å². The molecule has 4 nitrogen and oxygen atoms in total. The van der Waals surface area contributed by atoms with Gasteiger partial charge in [-0.15, -0.1) is 0 Å². The van der Waals surface area contributed by atoms with Crippen molar-refractivity contribution in [2.45, 2.75) is 44.7 Å². The van der Waals surface area contributed by atoms with Gasteiger partial charge in [0.15, 0.2) is 0 Å². The van der Waals surface area contributed by atoms with Gasteiger partial charge in [0.1, 0.15) is 5.82 Å². The first-order valence-electron chi connectivity index (χ1n) is 7.94. The summed E-state index contributed by atoms with van der Waals surface area (Å²) in [6, 6.07) is 4.02. The van der Waals surface area contributed by atoms with Gasteiger partial charge in [-0.1, -0.05) is 6.92 Å². The Hall–Kier alpha value is -1.04. The number of aliphatic hydroxyl groups is 1. The summed E-state index contributed by atoms with van der Waals surface area (Å²) < 4.78 is 13.0. The van der Waals surface area contributed by atoms with Gasteiger partial charge in [0.05, 0.1) is 24.5 Å². The fourth-order valence-corrected chi connectivity index (χ4v) is 2.61. The Bertz CT molecular complexity index is 408. The van der Waals surface area contributed by atoms with E-state index in [2.05, 4.69) is 22.1 Å². The van der Waals surface area contributed by atoms with E-state index in [1.807, 2.05) is 0 Å². The van der Waals surface area contributed by atoms with Crippen molar-refractivity contribution in [1.82, 2.24) is 15.2 Å². The monoisotopic (exact) mass is 295 g/mol. The molecule has 0 saturated heterocycles. The van der Waals surface area contributed by atoms with Crippen LogP contribution in [0, 0.1) is 5.82 Å². The lowest BCUT2D eigenvalue weighted by Gasteiger charge is -2.25. The van der Waals surface area contributed by atoms with E-state index < -0.39 is 0 Å². The van der Waals surface area contributed by atoms with Crippen molar-refractivity contribution in [3.8, 4) is 0 Å². The highest BCUT2D eigenvalue weighted by Crippen LogP contribution is 2.27. The van der Waals surface area contributed by atoms with Crippen LogP contribution >= 0.6 is 0 Å². The van der Waals surface area contributed by atoms with Crippen molar-refractivity contribution >= 4 is 0 Å². The van der Waals surface area contributed by atoms with Crippen LogP contribution in [-0.4, -0.2) is 47.3 Å². The third-order valence-corrected chi connectivity index (χ3v) is 3.90. The maximum absolute atomic E-state index is 13.0. The van der Waals surface area contributed by atoms with Crippen LogP contribution in [0.1, 0.15) is 44.3 Å². The molecule has 0 spiro atoms. The molecular formula is C16H26FN3O. The topological polar surface area (TPSA) is 48.4 Å². The van der Waals surface area contributed by atoms with Crippen molar-refractivity contribution < 1.29 is 9.50 Å². The maximum Gasteiger partial charge on any atom is 0.141 e. The van der Waals surface area contributed by atoms with Gasteiger partial charge < -0.3 is 10.4 Å². The third kappa shape index (κ3) is 5.34. The van der Waals surface area contributed by atoms with Crippen molar-refractivity contribution in [2.75, 3.05) is 26.2 Å². The zero-order valence-corrected chi connectivity index (χ0v) is 12.8. The summed E-state index contributed by atoms with van der Waals surface area (Å²) in [5, 5.41) is 12.6. The van der Waals surface area contributed by atoms with E-state index in [1.54, 1.807) is 6.07 Å². The van der Waals surface area contributed by atoms with E-state index in [4.69, 9.17) is 5.11 Å². The van der Waals surface area contributed by atoms with Crippen LogP contribution in [0.5, 0.6) is 0 Å². The highest BCUT2D eigenvalue weighted by Gasteiger charge is 2.28. The van der Waals surface area contributed by atoms with Gasteiger partial charge in [-0.2, -0.15) is 0 Å². The minimum Gasteiger partial charge on any atom is -0.395 e. The second kappa shape index (κ2) is 8.41. The van der Waals surface area contributed by atoms with E-state index in [1.165, 1.54) is 25.1 Å². The normalized spacial score (nSPS) is 16.4. The lowest BCUT2D eigenvalue weighted by molar-refractivity contribution is 0.182. The van der Waals surface area contributed by atoms with Gasteiger partial charge >= 0.3 is 0 Å². The lowest BCUT2D eigenvalue weighted by Crippen LogP contribution is -2.33. The number of halogens is 1. The van der Waals surface area contributed by atoms with E-state index in [0.717, 1.165) is 38.2 Å². The molecule has 1 aromatic heterocycles. The van der Waals surface area contributed by atoms with E-state index >= 15 is 0 Å². The molecule has 1 atom stereocenters. The first-order valence-corrected chi connectivity index (χ1v) is 7.94. The van der Waals surface area contributed by atoms with Gasteiger partial charge in [0.2, 0.25) is 0 Å². The lowest BCUT2D eigenvalue weighted by atomic mass is 10.1. The molecule has 1 aliphatic carbocycles. The second-order valence-electron chi connectivity index (χ2n) is 5.69. The molecule has 2 rings (SSSR count). The fraction of sp³-hybridized carbons (Fsp3) is 0.688. The van der Waals surface area contributed by atoms with Crippen LogP contribution in [0.4, 0.5) is 4.39 Å². The molecule has 1 fully saturated rings. The fourth-order valence-electron chi connectivity index (χ4n) is 2.61. The molecule has 0 aliphatic heterocycles. The molecule has 0 radical (unpaired) electrons. The number of rotatable bonds is 10. The van der Waals surface area contributed by atoms with Crippen LogP contribution < -0.4 is 5.32 Å². The van der Waals surface area contributed by atoms with E-state index in [9.17, 15) is 4.39 Å². The van der Waals surface area contributed by atoms with Crippen LogP contribution in [0.25, 0.3) is 0 Å². The molecule has 1 aromatic rings. The van der Waals surface area contributed by atoms with E-state index in [-0.39, 0.29) is 18.5 Å². The SMILES string of the molecule is CCCNC(CCN(CCO)C1CC1)c1ccc(F)cn1. The Kier molecular flexibility index (Phi) is 6.54. The Balaban J connectivity index is 1.93. The first kappa shape index (κ1) is 16.3. The number of nitrogens with one attached hydrogen (secondary N) is 1. The molecule has 5 heteroatoms. The number of aliphatic hydroxyl groups excluding tert-OH is 1. The number of aromatic nitrogens is 1. The molecule has 1 aliphatic rings. The van der Waals surface area contributed by atoms with E-state index in [0.29, 0.717) is 6.04 Å². The minimum absolute atomic E-state index is 0.144. The minimum atomic E-state index is -0.298. The zero-order chi connectivity index (χ0) is 15.1. The van der Waals surface area contributed by atoms with Crippen molar-refractivity contribution in [1.29, 1.82) is 0 Å². The standard InChI is InChI=1S/C16H26FN3O/c1-2-8-18-16(15-6-3-13(17)12-19-15)7-9-20(10-11-21)14-4-5-14/h3,6,12,14,16,18,21H,2,4-5,7-11H2,1H3. The maximum atomic E-state index is 13.0. The highest BCUT2D eigenvalue weighted by atomic mass is 19.1. The summed E-state index contributed by atoms with van der Waals surface area (Å²) >= 11 is 0. The van der Waals surface area contributed by atoms with Crippen molar-refractivity contribution in [2.24, 2.45) is 0 Å². The predicted molar refractivity (Wildman–Crippen MR) is 81.5 cm³/mol. The summed E-state index contributed by atoms with van der Waals surface area (Å²) in [5.74, 6) is -0.298. The quantitative estimate of drug-likeness (QED) is 0.694. The van der Waals surface area contributed by atoms with Gasteiger partial charge in [-0.25, -0.2) is 4.39 Å². The second-order valence-corrected chi connectivity index (χ2v) is 5.69. The smallest absolute Gasteiger partial charge is 0.141 e. The summed E-state index contributed by atoms with van der Waals surface area (Å²) in [5.41, 5.74) is 0.893. The molecule has 0 bridgehead atoms. The molecule has 118 valence electrons. The van der Waals surface area contributed by atoms with Crippen LogP contribution in [-0.2, 0) is 0 Å². The highest BCUT2D eigenvalue weighted by molar-refractivity contribution is 5.10. The molecule has 1 heterocycles. The van der Waals surface area contributed by atoms with Gasteiger partial charge in [0.25, 0.3) is 0 Å². The third-order valence-electron chi connectivity index (χ3n) is 3.90. The molecule has 0 amide bonds. The molecule has 1 saturated carbocycles. The van der Waals surface area contributed by atoms with Crippen molar-refractivity contribution in [3.63, 3.8) is 0 Å².